The van der Waals surface area contributed by atoms with Gasteiger partial charge < -0.3 is 20.3 Å². The highest BCUT2D eigenvalue weighted by atomic mass is 16.5. The molecule has 0 amide bonds. The molecule has 4 heteroatoms. The maximum Gasteiger partial charge on any atom is 0.122 e. The number of nitrogens with two attached hydrogens (primary N) is 1. The van der Waals surface area contributed by atoms with E-state index in [-0.39, 0.29) is 12.5 Å². The van der Waals surface area contributed by atoms with Gasteiger partial charge in [-0.15, -0.1) is 0 Å². The zero-order valence-corrected chi connectivity index (χ0v) is 9.77. The fraction of sp³-hybridized carbons (Fsp3) is 0.500. The molecule has 0 aromatic heterocycles. The first kappa shape index (κ1) is 12.8. The van der Waals surface area contributed by atoms with Crippen LogP contribution >= 0.6 is 0 Å². The van der Waals surface area contributed by atoms with Crippen molar-refractivity contribution in [2.24, 2.45) is 5.73 Å². The van der Waals surface area contributed by atoms with E-state index in [0.29, 0.717) is 13.0 Å². The van der Waals surface area contributed by atoms with Crippen molar-refractivity contribution in [3.63, 3.8) is 0 Å². The van der Waals surface area contributed by atoms with Gasteiger partial charge in [0.2, 0.25) is 0 Å². The summed E-state index contributed by atoms with van der Waals surface area (Å²) in [6.45, 7) is 0.590. The summed E-state index contributed by atoms with van der Waals surface area (Å²) in [6.07, 6.45) is 0.625. The van der Waals surface area contributed by atoms with E-state index < -0.39 is 0 Å². The molecule has 0 aliphatic heterocycles. The first-order chi connectivity index (χ1) is 7.76. The highest BCUT2D eigenvalue weighted by molar-refractivity contribution is 5.42. The Bertz CT molecular complexity index is 328. The number of methoxy groups -OCH3 is 2. The largest absolute Gasteiger partial charge is 0.497 e. The zero-order chi connectivity index (χ0) is 12.0. The van der Waals surface area contributed by atoms with Crippen molar-refractivity contribution in [2.45, 2.75) is 12.3 Å². The summed E-state index contributed by atoms with van der Waals surface area (Å²) in [5, 5.41) is 8.99. The van der Waals surface area contributed by atoms with Crippen molar-refractivity contribution in [3.05, 3.63) is 23.8 Å². The van der Waals surface area contributed by atoms with Gasteiger partial charge in [0.15, 0.2) is 0 Å². The minimum absolute atomic E-state index is 0.0926. The van der Waals surface area contributed by atoms with Gasteiger partial charge in [-0.05, 0) is 31.2 Å². The van der Waals surface area contributed by atoms with Gasteiger partial charge in [-0.1, -0.05) is 0 Å². The van der Waals surface area contributed by atoms with Crippen LogP contribution in [-0.2, 0) is 0 Å². The molecule has 90 valence electrons. The molecule has 0 fully saturated rings. The van der Waals surface area contributed by atoms with Crippen LogP contribution in [0.4, 0.5) is 0 Å². The number of hydrogen-bond acceptors (Lipinski definition) is 4. The van der Waals surface area contributed by atoms with Gasteiger partial charge in [0.05, 0.1) is 14.2 Å². The van der Waals surface area contributed by atoms with Crippen LogP contribution in [0.1, 0.15) is 17.9 Å². The Morgan fingerprint density at radius 1 is 1.31 bits per heavy atom. The van der Waals surface area contributed by atoms with E-state index in [1.165, 1.54) is 0 Å². The number of aliphatic hydroxyl groups is 1. The Kier molecular flexibility index (Phi) is 5.08. The van der Waals surface area contributed by atoms with Crippen LogP contribution in [0.15, 0.2) is 18.2 Å². The third kappa shape index (κ3) is 2.87. The van der Waals surface area contributed by atoms with Crippen molar-refractivity contribution in [2.75, 3.05) is 27.4 Å². The molecule has 0 bridgehead atoms. The quantitative estimate of drug-likeness (QED) is 0.761. The van der Waals surface area contributed by atoms with Gasteiger partial charge in [0.1, 0.15) is 11.5 Å². The summed E-state index contributed by atoms with van der Waals surface area (Å²) in [4.78, 5) is 0. The standard InChI is InChI=1S/C12H19NO3/c1-15-10-3-4-12(16-2)11(7-10)9(8-13)5-6-14/h3-4,7,9,14H,5-6,8,13H2,1-2H3. The molecular formula is C12H19NO3. The third-order valence-electron chi connectivity index (χ3n) is 2.64. The summed E-state index contributed by atoms with van der Waals surface area (Å²) in [5.41, 5.74) is 6.68. The molecule has 1 rings (SSSR count). The molecule has 16 heavy (non-hydrogen) atoms. The minimum Gasteiger partial charge on any atom is -0.497 e. The zero-order valence-electron chi connectivity index (χ0n) is 9.77. The topological polar surface area (TPSA) is 64.7 Å². The van der Waals surface area contributed by atoms with E-state index in [0.717, 1.165) is 17.1 Å². The van der Waals surface area contributed by atoms with Crippen LogP contribution < -0.4 is 15.2 Å². The molecule has 1 aromatic carbocycles. The maximum absolute atomic E-state index is 8.99. The second kappa shape index (κ2) is 6.35. The van der Waals surface area contributed by atoms with Gasteiger partial charge in [0.25, 0.3) is 0 Å². The monoisotopic (exact) mass is 225 g/mol. The van der Waals surface area contributed by atoms with Gasteiger partial charge in [-0.25, -0.2) is 0 Å². The first-order valence-electron chi connectivity index (χ1n) is 5.29. The van der Waals surface area contributed by atoms with Gasteiger partial charge in [-0.3, -0.25) is 0 Å². The van der Waals surface area contributed by atoms with E-state index >= 15 is 0 Å². The molecule has 0 saturated carbocycles. The van der Waals surface area contributed by atoms with Crippen LogP contribution in [0.2, 0.25) is 0 Å². The van der Waals surface area contributed by atoms with E-state index in [2.05, 4.69) is 0 Å². The van der Waals surface area contributed by atoms with Crippen LogP contribution in [-0.4, -0.2) is 32.5 Å². The normalized spacial score (nSPS) is 12.2. The lowest BCUT2D eigenvalue weighted by Crippen LogP contribution is -2.15. The van der Waals surface area contributed by atoms with Gasteiger partial charge >= 0.3 is 0 Å². The Morgan fingerprint density at radius 2 is 2.06 bits per heavy atom. The summed E-state index contributed by atoms with van der Waals surface area (Å²) in [6, 6.07) is 5.61. The molecule has 0 spiro atoms. The molecule has 1 atom stereocenters. The Hall–Kier alpha value is -1.26. The SMILES string of the molecule is COc1ccc(OC)c(C(CN)CCO)c1. The maximum atomic E-state index is 8.99. The molecule has 1 aromatic rings. The van der Waals surface area contributed by atoms with E-state index in [4.69, 9.17) is 20.3 Å². The molecular weight excluding hydrogens is 206 g/mol. The van der Waals surface area contributed by atoms with Crippen molar-refractivity contribution < 1.29 is 14.6 Å². The highest BCUT2D eigenvalue weighted by Gasteiger charge is 2.15. The summed E-state index contributed by atoms with van der Waals surface area (Å²) in [7, 11) is 3.24. The molecule has 4 nitrogen and oxygen atoms in total. The van der Waals surface area contributed by atoms with E-state index in [1.54, 1.807) is 14.2 Å². The first-order valence-corrected chi connectivity index (χ1v) is 5.29. The second-order valence-electron chi connectivity index (χ2n) is 3.55. The molecule has 0 radical (unpaired) electrons. The summed E-state index contributed by atoms with van der Waals surface area (Å²) < 4.78 is 10.4. The smallest absolute Gasteiger partial charge is 0.122 e. The number of benzene rings is 1. The Balaban J connectivity index is 3.05. The predicted octanol–water partition coefficient (Wildman–Crippen LogP) is 1.13. The lowest BCUT2D eigenvalue weighted by molar-refractivity contribution is 0.274. The average molecular weight is 225 g/mol. The van der Waals surface area contributed by atoms with Crippen LogP contribution in [0.25, 0.3) is 0 Å². The van der Waals surface area contributed by atoms with Crippen LogP contribution in [0.5, 0.6) is 11.5 Å². The molecule has 0 heterocycles. The highest BCUT2D eigenvalue weighted by Crippen LogP contribution is 2.31. The average Bonchev–Trinajstić information content (AvgIpc) is 2.35. The molecule has 3 N–H and O–H groups in total. The number of aliphatic hydroxyl groups excluding tert-OH is 1. The van der Waals surface area contributed by atoms with E-state index in [9.17, 15) is 0 Å². The second-order valence-corrected chi connectivity index (χ2v) is 3.55. The lowest BCUT2D eigenvalue weighted by atomic mass is 9.95. The van der Waals surface area contributed by atoms with E-state index in [1.807, 2.05) is 18.2 Å². The van der Waals surface area contributed by atoms with Crippen molar-refractivity contribution in [1.82, 2.24) is 0 Å². The van der Waals surface area contributed by atoms with Crippen LogP contribution in [0.3, 0.4) is 0 Å². The summed E-state index contributed by atoms with van der Waals surface area (Å²) >= 11 is 0. The lowest BCUT2D eigenvalue weighted by Gasteiger charge is -2.18. The van der Waals surface area contributed by atoms with Crippen molar-refractivity contribution in [3.8, 4) is 11.5 Å². The molecule has 0 saturated heterocycles. The fourth-order valence-electron chi connectivity index (χ4n) is 1.71. The number of rotatable bonds is 6. The van der Waals surface area contributed by atoms with Gasteiger partial charge in [-0.2, -0.15) is 0 Å². The van der Waals surface area contributed by atoms with Crippen molar-refractivity contribution >= 4 is 0 Å². The molecule has 1 unspecified atom stereocenters. The third-order valence-corrected chi connectivity index (χ3v) is 2.64. The van der Waals surface area contributed by atoms with Crippen molar-refractivity contribution in [1.29, 1.82) is 0 Å². The Morgan fingerprint density at radius 3 is 2.56 bits per heavy atom. The van der Waals surface area contributed by atoms with Gasteiger partial charge in [0, 0.05) is 18.1 Å². The number of hydrogen-bond donors (Lipinski definition) is 2. The number of ether oxygens (including phenoxy) is 2. The fourth-order valence-corrected chi connectivity index (χ4v) is 1.71. The molecule has 0 aliphatic rings. The summed E-state index contributed by atoms with van der Waals surface area (Å²) in [5.74, 6) is 1.65. The Labute approximate surface area is 96.0 Å². The predicted molar refractivity (Wildman–Crippen MR) is 63.0 cm³/mol. The molecule has 0 aliphatic carbocycles. The van der Waals surface area contributed by atoms with Crippen LogP contribution in [0, 0.1) is 0 Å². The minimum atomic E-state index is 0.0926.